The summed E-state index contributed by atoms with van der Waals surface area (Å²) in [5.41, 5.74) is 7.91. The third kappa shape index (κ3) is 1.83. The van der Waals surface area contributed by atoms with Gasteiger partial charge in [-0.3, -0.25) is 0 Å². The van der Waals surface area contributed by atoms with Crippen LogP contribution in [0.15, 0.2) is 28.5 Å². The van der Waals surface area contributed by atoms with Gasteiger partial charge in [-0.25, -0.2) is 8.42 Å². The Bertz CT molecular complexity index is 616. The van der Waals surface area contributed by atoms with Crippen LogP contribution in [-0.4, -0.2) is 21.0 Å². The highest BCUT2D eigenvalue weighted by Gasteiger charge is 2.29. The predicted molar refractivity (Wildman–Crippen MR) is 71.7 cm³/mol. The van der Waals surface area contributed by atoms with Crippen molar-refractivity contribution in [1.82, 2.24) is 5.32 Å². The zero-order valence-electron chi connectivity index (χ0n) is 10.0. The van der Waals surface area contributed by atoms with Gasteiger partial charge in [-0.15, -0.1) is 0 Å². The second kappa shape index (κ2) is 4.10. The van der Waals surface area contributed by atoms with Gasteiger partial charge in [-0.05, 0) is 30.5 Å². The number of nitrogen functional groups attached to an aromatic ring is 1. The van der Waals surface area contributed by atoms with Crippen molar-refractivity contribution in [3.63, 3.8) is 0 Å². The topological polar surface area (TPSA) is 72.2 Å². The van der Waals surface area contributed by atoms with Crippen molar-refractivity contribution in [3.05, 3.63) is 29.2 Å². The Morgan fingerprint density at radius 3 is 2.78 bits per heavy atom. The fourth-order valence-corrected chi connectivity index (χ4v) is 3.94. The number of hydrogen-bond donors (Lipinski definition) is 2. The van der Waals surface area contributed by atoms with Crippen molar-refractivity contribution in [3.8, 4) is 0 Å². The molecule has 3 N–H and O–H groups in total. The first-order valence-corrected chi connectivity index (χ1v) is 7.70. The van der Waals surface area contributed by atoms with Crippen molar-refractivity contribution in [2.24, 2.45) is 0 Å². The lowest BCUT2D eigenvalue weighted by atomic mass is 9.93. The van der Waals surface area contributed by atoms with Crippen LogP contribution in [0, 0.1) is 0 Å². The fraction of sp³-hybridized carbons (Fsp3) is 0.385. The van der Waals surface area contributed by atoms with E-state index in [1.165, 1.54) is 24.7 Å². The summed E-state index contributed by atoms with van der Waals surface area (Å²) in [6, 6.07) is 5.58. The number of rotatable bonds is 3. The Kier molecular flexibility index (Phi) is 2.68. The van der Waals surface area contributed by atoms with Crippen LogP contribution < -0.4 is 11.1 Å². The first-order valence-electron chi connectivity index (χ1n) is 6.16. The minimum absolute atomic E-state index is 0.341. The van der Waals surface area contributed by atoms with E-state index in [4.69, 9.17) is 5.73 Å². The first kappa shape index (κ1) is 11.7. The van der Waals surface area contributed by atoms with Gasteiger partial charge in [0.05, 0.1) is 4.90 Å². The van der Waals surface area contributed by atoms with E-state index in [1.54, 1.807) is 18.2 Å². The van der Waals surface area contributed by atoms with Crippen molar-refractivity contribution in [1.29, 1.82) is 0 Å². The van der Waals surface area contributed by atoms with E-state index < -0.39 is 9.84 Å². The lowest BCUT2D eigenvalue weighted by molar-refractivity contribution is 0.353. The van der Waals surface area contributed by atoms with Crippen LogP contribution >= 0.6 is 0 Å². The van der Waals surface area contributed by atoms with Crippen molar-refractivity contribution in [2.75, 3.05) is 12.3 Å². The highest BCUT2D eigenvalue weighted by atomic mass is 32.2. The van der Waals surface area contributed by atoms with Crippen LogP contribution in [-0.2, 0) is 9.84 Å². The molecule has 0 aromatic heterocycles. The van der Waals surface area contributed by atoms with Crippen LogP contribution in [0.2, 0.25) is 0 Å². The number of nitrogens with two attached hydrogens (primary N) is 1. The van der Waals surface area contributed by atoms with Gasteiger partial charge in [-0.2, -0.15) is 0 Å². The van der Waals surface area contributed by atoms with E-state index in [0.29, 0.717) is 28.7 Å². The maximum Gasteiger partial charge on any atom is 0.200 e. The first-order chi connectivity index (χ1) is 8.58. The Balaban J connectivity index is 1.92. The van der Waals surface area contributed by atoms with Crippen LogP contribution in [0.5, 0.6) is 0 Å². The Morgan fingerprint density at radius 1 is 1.33 bits per heavy atom. The number of nitrogens with one attached hydrogen (secondary N) is 1. The number of benzene rings is 1. The summed E-state index contributed by atoms with van der Waals surface area (Å²) in [5, 5.41) is 4.73. The van der Waals surface area contributed by atoms with E-state index in [-0.39, 0.29) is 0 Å². The highest BCUT2D eigenvalue weighted by Crippen LogP contribution is 2.36. The van der Waals surface area contributed by atoms with Crippen LogP contribution in [0.25, 0.3) is 5.57 Å². The third-order valence-electron chi connectivity index (χ3n) is 3.67. The molecular formula is C13H16N2O2S. The molecule has 0 atom stereocenters. The molecule has 1 aliphatic carbocycles. The van der Waals surface area contributed by atoms with Crippen molar-refractivity contribution >= 4 is 21.1 Å². The molecular weight excluding hydrogens is 248 g/mol. The van der Waals surface area contributed by atoms with Gasteiger partial charge in [0.1, 0.15) is 0 Å². The largest absolute Gasteiger partial charge is 0.398 e. The van der Waals surface area contributed by atoms with E-state index in [2.05, 4.69) is 5.32 Å². The maximum atomic E-state index is 12.0. The fourth-order valence-electron chi connectivity index (χ4n) is 2.44. The van der Waals surface area contributed by atoms with Gasteiger partial charge in [-0.1, -0.05) is 12.5 Å². The SMILES string of the molecule is Nc1cccc2c1C(CNC1CCC1)=CS2(=O)=O. The molecule has 0 saturated heterocycles. The summed E-state index contributed by atoms with van der Waals surface area (Å²) in [4.78, 5) is 0.341. The Hall–Kier alpha value is -1.33. The molecule has 0 spiro atoms. The summed E-state index contributed by atoms with van der Waals surface area (Å²) >= 11 is 0. The second-order valence-electron chi connectivity index (χ2n) is 4.92. The summed E-state index contributed by atoms with van der Waals surface area (Å²) in [5.74, 6) is 0. The lowest BCUT2D eigenvalue weighted by Crippen LogP contribution is -2.35. The van der Waals surface area contributed by atoms with Gasteiger partial charge >= 0.3 is 0 Å². The molecule has 1 heterocycles. The third-order valence-corrected chi connectivity index (χ3v) is 5.22. The smallest absolute Gasteiger partial charge is 0.200 e. The van der Waals surface area contributed by atoms with Crippen molar-refractivity contribution in [2.45, 2.75) is 30.2 Å². The number of fused-ring (bicyclic) bond motifs is 1. The Morgan fingerprint density at radius 2 is 2.11 bits per heavy atom. The summed E-state index contributed by atoms with van der Waals surface area (Å²) < 4.78 is 24.0. The van der Waals surface area contributed by atoms with Crippen LogP contribution in [0.3, 0.4) is 0 Å². The average Bonchev–Trinajstić information content (AvgIpc) is 2.50. The molecule has 1 aromatic rings. The minimum Gasteiger partial charge on any atom is -0.398 e. The molecule has 1 saturated carbocycles. The molecule has 1 aromatic carbocycles. The molecule has 5 heteroatoms. The van der Waals surface area contributed by atoms with E-state index in [9.17, 15) is 8.42 Å². The molecule has 3 rings (SSSR count). The Labute approximate surface area is 107 Å². The van der Waals surface area contributed by atoms with Gasteiger partial charge in [0, 0.05) is 29.2 Å². The van der Waals surface area contributed by atoms with Crippen LogP contribution in [0.1, 0.15) is 24.8 Å². The zero-order chi connectivity index (χ0) is 12.8. The van der Waals surface area contributed by atoms with E-state index in [1.807, 2.05) is 0 Å². The van der Waals surface area contributed by atoms with Gasteiger partial charge in [0.15, 0.2) is 0 Å². The summed E-state index contributed by atoms with van der Waals surface area (Å²) in [6.45, 7) is 0.575. The van der Waals surface area contributed by atoms with Crippen molar-refractivity contribution < 1.29 is 8.42 Å². The zero-order valence-corrected chi connectivity index (χ0v) is 10.8. The van der Waals surface area contributed by atoms with Gasteiger partial charge in [0.25, 0.3) is 0 Å². The summed E-state index contributed by atoms with van der Waals surface area (Å²) in [7, 11) is -3.30. The maximum absolute atomic E-state index is 12.0. The molecule has 2 aliphatic rings. The predicted octanol–water partition coefficient (Wildman–Crippen LogP) is 1.54. The van der Waals surface area contributed by atoms with E-state index in [0.717, 1.165) is 5.57 Å². The molecule has 4 nitrogen and oxygen atoms in total. The van der Waals surface area contributed by atoms with Crippen LogP contribution in [0.4, 0.5) is 5.69 Å². The molecule has 0 radical (unpaired) electrons. The average molecular weight is 264 g/mol. The number of anilines is 1. The minimum atomic E-state index is -3.30. The molecule has 0 unspecified atom stereocenters. The lowest BCUT2D eigenvalue weighted by Gasteiger charge is -2.26. The molecule has 18 heavy (non-hydrogen) atoms. The number of sulfone groups is 1. The molecule has 1 aliphatic heterocycles. The monoisotopic (exact) mass is 264 g/mol. The molecule has 96 valence electrons. The highest BCUT2D eigenvalue weighted by molar-refractivity contribution is 7.95. The quantitative estimate of drug-likeness (QED) is 0.812. The van der Waals surface area contributed by atoms with E-state index >= 15 is 0 Å². The number of hydrogen-bond acceptors (Lipinski definition) is 4. The normalized spacial score (nSPS) is 21.2. The summed E-state index contributed by atoms with van der Waals surface area (Å²) in [6.07, 6.45) is 3.61. The second-order valence-corrected chi connectivity index (χ2v) is 6.68. The molecule has 1 fully saturated rings. The van der Waals surface area contributed by atoms with Gasteiger partial charge < -0.3 is 11.1 Å². The molecule has 0 amide bonds. The van der Waals surface area contributed by atoms with Gasteiger partial charge in [0.2, 0.25) is 9.84 Å². The molecule has 0 bridgehead atoms. The standard InChI is InChI=1S/C13H16N2O2S/c14-11-5-2-6-12-13(11)9(8-18(12,16)17)7-15-10-3-1-4-10/h2,5-6,8,10,15H,1,3-4,7,14H2.